The van der Waals surface area contributed by atoms with E-state index >= 15 is 0 Å². The van der Waals surface area contributed by atoms with Crippen LogP contribution in [0, 0.1) is 12.2 Å². The molecular weight excluding hydrogens is 355 g/mol. The Balaban J connectivity index is -0.000000138. The molecule has 0 bridgehead atoms. The molecule has 0 aromatic carbocycles. The number of carbonyl (C=O) groups is 2. The van der Waals surface area contributed by atoms with Crippen LogP contribution < -0.4 is 0 Å². The molecule has 3 heteroatoms. The predicted molar refractivity (Wildman–Crippen MR) is 57.4 cm³/mol. The third-order valence-corrected chi connectivity index (χ3v) is 1.17. The topological polar surface area (TPSA) is 34.1 Å². The molecule has 2 aliphatic rings. The second-order valence-corrected chi connectivity index (χ2v) is 2.01. The van der Waals surface area contributed by atoms with E-state index < -0.39 is 0 Å². The number of carbonyl (C=O) groups excluding carboxylic acids is 2. The Kier molecular flexibility index (Phi) is 30.5. The Labute approximate surface area is 110 Å². The first kappa shape index (κ1) is 19.7. The number of hydrogen-bond donors (Lipinski definition) is 0. The van der Waals surface area contributed by atoms with Crippen molar-refractivity contribution in [2.45, 2.75) is 12.8 Å². The molecular formula is C12H14HfO2-2. The zero-order valence-corrected chi connectivity index (χ0v) is 12.2. The van der Waals surface area contributed by atoms with Crippen molar-refractivity contribution in [1.29, 1.82) is 0 Å². The van der Waals surface area contributed by atoms with Crippen molar-refractivity contribution < 1.29 is 35.4 Å². The molecule has 0 saturated carbocycles. The predicted octanol–water partition coefficient (Wildman–Crippen LogP) is 2.24. The second-order valence-electron chi connectivity index (χ2n) is 2.01. The molecule has 0 aromatic rings. The summed E-state index contributed by atoms with van der Waals surface area (Å²) in [7, 11) is 0. The maximum atomic E-state index is 8.00. The van der Waals surface area contributed by atoms with E-state index in [0.29, 0.717) is 0 Å². The summed E-state index contributed by atoms with van der Waals surface area (Å²) in [5.74, 6) is 0. The Morgan fingerprint density at radius 2 is 1.13 bits per heavy atom. The SMILES string of the molecule is C=O.C=O.[C-]1=CC=CC1.[C-]1=CC=CC1.[Hf]. The van der Waals surface area contributed by atoms with Crippen LogP contribution in [-0.2, 0) is 35.4 Å². The minimum absolute atomic E-state index is 0. The van der Waals surface area contributed by atoms with Gasteiger partial charge in [-0.25, -0.2) is 24.3 Å². The molecule has 2 nitrogen and oxygen atoms in total. The van der Waals surface area contributed by atoms with Crippen molar-refractivity contribution in [3.63, 3.8) is 0 Å². The van der Waals surface area contributed by atoms with Crippen LogP contribution in [0.1, 0.15) is 12.8 Å². The van der Waals surface area contributed by atoms with Gasteiger partial charge in [-0.1, -0.05) is 0 Å². The number of allylic oxidation sites excluding steroid dienone is 8. The molecule has 2 rings (SSSR count). The molecule has 0 radical (unpaired) electrons. The van der Waals surface area contributed by atoms with Gasteiger partial charge in [0.05, 0.1) is 0 Å². The maximum absolute atomic E-state index is 8.00. The summed E-state index contributed by atoms with van der Waals surface area (Å²) in [6, 6.07) is 0. The first-order chi connectivity index (χ1) is 7.00. The zero-order valence-electron chi connectivity index (χ0n) is 8.61. The second kappa shape index (κ2) is 23.2. The summed E-state index contributed by atoms with van der Waals surface area (Å²) in [6.45, 7) is 4.00. The van der Waals surface area contributed by atoms with Crippen molar-refractivity contribution >= 4 is 13.6 Å². The van der Waals surface area contributed by atoms with Crippen LogP contribution in [0.2, 0.25) is 0 Å². The van der Waals surface area contributed by atoms with E-state index in [1.165, 1.54) is 0 Å². The van der Waals surface area contributed by atoms with Crippen molar-refractivity contribution in [3.05, 3.63) is 48.6 Å². The monoisotopic (exact) mass is 370 g/mol. The molecule has 0 atom stereocenters. The summed E-state index contributed by atoms with van der Waals surface area (Å²) >= 11 is 0. The van der Waals surface area contributed by atoms with Gasteiger partial charge in [-0.05, 0) is 0 Å². The fourth-order valence-electron chi connectivity index (χ4n) is 0.680. The molecule has 0 fully saturated rings. The molecule has 80 valence electrons. The molecule has 0 N–H and O–H groups in total. The van der Waals surface area contributed by atoms with E-state index in [1.54, 1.807) is 0 Å². The van der Waals surface area contributed by atoms with Crippen molar-refractivity contribution in [3.8, 4) is 0 Å². The average molecular weight is 369 g/mol. The van der Waals surface area contributed by atoms with Gasteiger partial charge in [-0.2, -0.15) is 12.2 Å². The Morgan fingerprint density at radius 3 is 1.20 bits per heavy atom. The molecule has 0 saturated heterocycles. The van der Waals surface area contributed by atoms with Crippen LogP contribution in [0.5, 0.6) is 0 Å². The quantitative estimate of drug-likeness (QED) is 0.485. The van der Waals surface area contributed by atoms with E-state index in [0.717, 1.165) is 12.8 Å². The Morgan fingerprint density at radius 1 is 0.800 bits per heavy atom. The fraction of sp³-hybridized carbons (Fsp3) is 0.167. The minimum atomic E-state index is 0. The first-order valence-corrected chi connectivity index (χ1v) is 4.01. The molecule has 0 spiro atoms. The molecule has 0 unspecified atom stereocenters. The molecule has 0 amide bonds. The van der Waals surface area contributed by atoms with Gasteiger partial charge >= 0.3 is 0 Å². The molecule has 0 aliphatic heterocycles. The van der Waals surface area contributed by atoms with Crippen LogP contribution in [0.4, 0.5) is 0 Å². The van der Waals surface area contributed by atoms with Crippen LogP contribution >= 0.6 is 0 Å². The van der Waals surface area contributed by atoms with Crippen LogP contribution in [-0.4, -0.2) is 13.6 Å². The molecule has 15 heavy (non-hydrogen) atoms. The smallest absolute Gasteiger partial charge is 0.106 e. The number of rotatable bonds is 0. The Hall–Kier alpha value is -0.830. The van der Waals surface area contributed by atoms with E-state index in [4.69, 9.17) is 9.59 Å². The van der Waals surface area contributed by atoms with E-state index in [-0.39, 0.29) is 25.8 Å². The maximum Gasteiger partial charge on any atom is 0.106 e. The molecule has 2 aliphatic carbocycles. The third kappa shape index (κ3) is 19.5. The van der Waals surface area contributed by atoms with Crippen molar-refractivity contribution in [2.24, 2.45) is 0 Å². The third-order valence-electron chi connectivity index (χ3n) is 1.17. The minimum Gasteiger partial charge on any atom is -0.307 e. The van der Waals surface area contributed by atoms with Gasteiger partial charge in [0.1, 0.15) is 13.6 Å². The van der Waals surface area contributed by atoms with Crippen molar-refractivity contribution in [1.82, 2.24) is 0 Å². The summed E-state index contributed by atoms with van der Waals surface area (Å²) in [6.07, 6.45) is 20.0. The fourth-order valence-corrected chi connectivity index (χ4v) is 0.680. The summed E-state index contributed by atoms with van der Waals surface area (Å²) < 4.78 is 0. The normalized spacial score (nSPS) is 12.3. The van der Waals surface area contributed by atoms with Gasteiger partial charge in [0.15, 0.2) is 0 Å². The van der Waals surface area contributed by atoms with Gasteiger partial charge in [-0.3, -0.25) is 12.2 Å². The van der Waals surface area contributed by atoms with Crippen LogP contribution in [0.25, 0.3) is 0 Å². The van der Waals surface area contributed by atoms with Gasteiger partial charge in [0.2, 0.25) is 0 Å². The van der Waals surface area contributed by atoms with Crippen molar-refractivity contribution in [2.75, 3.05) is 0 Å². The van der Waals surface area contributed by atoms with Gasteiger partial charge < -0.3 is 9.59 Å². The summed E-state index contributed by atoms with van der Waals surface area (Å²) in [5.41, 5.74) is 0. The molecule has 0 aromatic heterocycles. The Bertz CT molecular complexity index is 174. The van der Waals surface area contributed by atoms with Gasteiger partial charge in [0, 0.05) is 25.8 Å². The standard InChI is InChI=1S/2C5H5.2CH2O.Hf/c2*1-2-4-5-3-1;2*1-2;/h2*1-3H,4H2;2*1H2;/q2*-1;;;. The van der Waals surface area contributed by atoms with E-state index in [9.17, 15) is 0 Å². The summed E-state index contributed by atoms with van der Waals surface area (Å²) in [5, 5.41) is 0. The van der Waals surface area contributed by atoms with Crippen LogP contribution in [0.15, 0.2) is 36.5 Å². The largest absolute Gasteiger partial charge is 0.307 e. The number of hydrogen-bond acceptors (Lipinski definition) is 2. The van der Waals surface area contributed by atoms with Gasteiger partial charge in [0.25, 0.3) is 0 Å². The average Bonchev–Trinajstić information content (AvgIpc) is 3.01. The summed E-state index contributed by atoms with van der Waals surface area (Å²) in [4.78, 5) is 16.0. The van der Waals surface area contributed by atoms with Crippen LogP contribution in [0.3, 0.4) is 0 Å². The van der Waals surface area contributed by atoms with Gasteiger partial charge in [-0.15, -0.1) is 12.8 Å². The van der Waals surface area contributed by atoms with E-state index in [2.05, 4.69) is 24.3 Å². The zero-order chi connectivity index (χ0) is 11.1. The first-order valence-electron chi connectivity index (χ1n) is 4.01. The molecule has 0 heterocycles. The van der Waals surface area contributed by atoms with E-state index in [1.807, 2.05) is 37.9 Å².